The summed E-state index contributed by atoms with van der Waals surface area (Å²) in [6.45, 7) is 0.339. The quantitative estimate of drug-likeness (QED) is 0.681. The van der Waals surface area contributed by atoms with Gasteiger partial charge in [0, 0.05) is 6.42 Å². The van der Waals surface area contributed by atoms with Gasteiger partial charge in [-0.05, 0) is 17.7 Å². The Bertz CT molecular complexity index is 435. The lowest BCUT2D eigenvalue weighted by Gasteiger charge is -1.97. The van der Waals surface area contributed by atoms with Crippen LogP contribution in [0, 0.1) is 0 Å². The Labute approximate surface area is 87.0 Å². The summed E-state index contributed by atoms with van der Waals surface area (Å²) in [7, 11) is 0. The van der Waals surface area contributed by atoms with Crippen molar-refractivity contribution < 1.29 is 5.11 Å². The van der Waals surface area contributed by atoms with Crippen LogP contribution in [0.1, 0.15) is 17.2 Å². The van der Waals surface area contributed by atoms with Crippen molar-refractivity contribution in [3.05, 3.63) is 41.5 Å². The Hall–Kier alpha value is -1.88. The second-order valence-corrected chi connectivity index (χ2v) is 3.25. The number of aromatic hydroxyl groups is 1. The maximum atomic E-state index is 9.11. The van der Waals surface area contributed by atoms with E-state index >= 15 is 0 Å². The third kappa shape index (κ3) is 2.32. The molecule has 0 saturated carbocycles. The van der Waals surface area contributed by atoms with Crippen molar-refractivity contribution in [3.8, 4) is 5.75 Å². The van der Waals surface area contributed by atoms with E-state index in [4.69, 9.17) is 10.8 Å². The molecule has 4 N–H and O–H groups in total. The number of phenolic OH excluding ortho intramolecular Hbond substituents is 1. The van der Waals surface area contributed by atoms with E-state index in [0.29, 0.717) is 18.8 Å². The number of benzene rings is 1. The number of H-pyrrole nitrogens is 1. The average Bonchev–Trinajstić information content (AvgIpc) is 2.69. The van der Waals surface area contributed by atoms with Crippen molar-refractivity contribution >= 4 is 0 Å². The molecule has 5 heteroatoms. The Morgan fingerprint density at radius 1 is 1.27 bits per heavy atom. The monoisotopic (exact) mass is 204 g/mol. The molecule has 0 aliphatic rings. The van der Waals surface area contributed by atoms with Crippen LogP contribution in [0.25, 0.3) is 0 Å². The maximum Gasteiger partial charge on any atom is 0.164 e. The van der Waals surface area contributed by atoms with Gasteiger partial charge < -0.3 is 10.8 Å². The summed E-state index contributed by atoms with van der Waals surface area (Å²) in [6.07, 6.45) is 0.660. The number of rotatable bonds is 3. The minimum Gasteiger partial charge on any atom is -0.508 e. The molecule has 2 rings (SSSR count). The van der Waals surface area contributed by atoms with E-state index in [1.54, 1.807) is 12.1 Å². The SMILES string of the molecule is NCc1n[nH]c(Cc2ccc(O)cc2)n1. The molecular weight excluding hydrogens is 192 g/mol. The second-order valence-electron chi connectivity index (χ2n) is 3.25. The molecule has 1 heterocycles. The maximum absolute atomic E-state index is 9.11. The third-order valence-corrected chi connectivity index (χ3v) is 2.07. The van der Waals surface area contributed by atoms with Crippen LogP contribution in [0.5, 0.6) is 5.75 Å². The van der Waals surface area contributed by atoms with Crippen LogP contribution in [-0.4, -0.2) is 20.3 Å². The summed E-state index contributed by atoms with van der Waals surface area (Å²) < 4.78 is 0. The van der Waals surface area contributed by atoms with E-state index in [9.17, 15) is 0 Å². The van der Waals surface area contributed by atoms with Crippen LogP contribution in [0.15, 0.2) is 24.3 Å². The van der Waals surface area contributed by atoms with Gasteiger partial charge in [0.25, 0.3) is 0 Å². The first-order valence-electron chi connectivity index (χ1n) is 4.66. The fraction of sp³-hybridized carbons (Fsp3) is 0.200. The molecule has 0 unspecified atom stereocenters. The van der Waals surface area contributed by atoms with Crippen LogP contribution in [0.4, 0.5) is 0 Å². The first-order valence-corrected chi connectivity index (χ1v) is 4.66. The molecule has 0 atom stereocenters. The number of nitrogens with one attached hydrogen (secondary N) is 1. The molecular formula is C10H12N4O. The first-order chi connectivity index (χ1) is 7.28. The van der Waals surface area contributed by atoms with E-state index in [1.165, 1.54) is 0 Å². The molecule has 78 valence electrons. The molecule has 15 heavy (non-hydrogen) atoms. The topological polar surface area (TPSA) is 87.8 Å². The zero-order valence-corrected chi connectivity index (χ0v) is 8.14. The van der Waals surface area contributed by atoms with Crippen molar-refractivity contribution in [2.75, 3.05) is 0 Å². The Morgan fingerprint density at radius 3 is 2.60 bits per heavy atom. The summed E-state index contributed by atoms with van der Waals surface area (Å²) in [5.74, 6) is 1.66. The highest BCUT2D eigenvalue weighted by atomic mass is 16.3. The molecule has 1 aromatic heterocycles. The van der Waals surface area contributed by atoms with Gasteiger partial charge in [0.15, 0.2) is 5.82 Å². The lowest BCUT2D eigenvalue weighted by atomic mass is 10.1. The molecule has 0 spiro atoms. The number of hydrogen-bond acceptors (Lipinski definition) is 4. The zero-order valence-electron chi connectivity index (χ0n) is 8.14. The lowest BCUT2D eigenvalue weighted by Crippen LogP contribution is -1.98. The molecule has 5 nitrogen and oxygen atoms in total. The number of aromatic amines is 1. The molecule has 0 fully saturated rings. The average molecular weight is 204 g/mol. The van der Waals surface area contributed by atoms with Gasteiger partial charge in [0.2, 0.25) is 0 Å². The molecule has 0 bridgehead atoms. The van der Waals surface area contributed by atoms with Crippen LogP contribution >= 0.6 is 0 Å². The van der Waals surface area contributed by atoms with E-state index in [1.807, 2.05) is 12.1 Å². The summed E-state index contributed by atoms with van der Waals surface area (Å²) >= 11 is 0. The second kappa shape index (κ2) is 4.10. The highest BCUT2D eigenvalue weighted by Crippen LogP contribution is 2.11. The van der Waals surface area contributed by atoms with Crippen molar-refractivity contribution in [2.24, 2.45) is 5.73 Å². The molecule has 2 aromatic rings. The number of hydrogen-bond donors (Lipinski definition) is 3. The van der Waals surface area contributed by atoms with Gasteiger partial charge in [-0.15, -0.1) is 0 Å². The van der Waals surface area contributed by atoms with Crippen molar-refractivity contribution in [3.63, 3.8) is 0 Å². The van der Waals surface area contributed by atoms with E-state index in [0.717, 1.165) is 11.4 Å². The fourth-order valence-corrected chi connectivity index (χ4v) is 1.31. The third-order valence-electron chi connectivity index (χ3n) is 2.07. The van der Waals surface area contributed by atoms with Crippen molar-refractivity contribution in [1.29, 1.82) is 0 Å². The van der Waals surface area contributed by atoms with E-state index < -0.39 is 0 Å². The smallest absolute Gasteiger partial charge is 0.164 e. The largest absolute Gasteiger partial charge is 0.508 e. The van der Waals surface area contributed by atoms with Crippen LogP contribution in [0.3, 0.4) is 0 Å². The minimum absolute atomic E-state index is 0.263. The minimum atomic E-state index is 0.263. The summed E-state index contributed by atoms with van der Waals surface area (Å²) in [6, 6.07) is 6.99. The van der Waals surface area contributed by atoms with E-state index in [2.05, 4.69) is 15.2 Å². The number of nitrogens with two attached hydrogens (primary N) is 1. The molecule has 0 aliphatic heterocycles. The van der Waals surface area contributed by atoms with Gasteiger partial charge in [0.1, 0.15) is 11.6 Å². The van der Waals surface area contributed by atoms with Gasteiger partial charge in [-0.3, -0.25) is 5.10 Å². The van der Waals surface area contributed by atoms with Gasteiger partial charge in [-0.2, -0.15) is 5.10 Å². The van der Waals surface area contributed by atoms with Crippen LogP contribution in [0.2, 0.25) is 0 Å². The van der Waals surface area contributed by atoms with Crippen molar-refractivity contribution in [1.82, 2.24) is 15.2 Å². The van der Waals surface area contributed by atoms with Crippen molar-refractivity contribution in [2.45, 2.75) is 13.0 Å². The number of nitrogens with zero attached hydrogens (tertiary/aromatic N) is 2. The predicted octanol–water partition coefficient (Wildman–Crippen LogP) is 0.560. The molecule has 0 aliphatic carbocycles. The van der Waals surface area contributed by atoms with Gasteiger partial charge in [-0.25, -0.2) is 4.98 Å². The summed E-state index contributed by atoms with van der Waals surface area (Å²) in [5, 5.41) is 15.9. The van der Waals surface area contributed by atoms with Crippen LogP contribution in [-0.2, 0) is 13.0 Å². The van der Waals surface area contributed by atoms with Crippen LogP contribution < -0.4 is 5.73 Å². The van der Waals surface area contributed by atoms with Gasteiger partial charge in [-0.1, -0.05) is 12.1 Å². The Balaban J connectivity index is 2.11. The summed E-state index contributed by atoms with van der Waals surface area (Å²) in [5.41, 5.74) is 6.46. The summed E-state index contributed by atoms with van der Waals surface area (Å²) in [4.78, 5) is 4.19. The standard InChI is InChI=1S/C10H12N4O/c11-6-10-12-9(13-14-10)5-7-1-3-8(15)4-2-7/h1-4,15H,5-6,11H2,(H,12,13,14). The fourth-order valence-electron chi connectivity index (χ4n) is 1.31. The zero-order chi connectivity index (χ0) is 10.7. The predicted molar refractivity (Wildman–Crippen MR) is 55.2 cm³/mol. The lowest BCUT2D eigenvalue weighted by molar-refractivity contribution is 0.475. The highest BCUT2D eigenvalue weighted by Gasteiger charge is 2.02. The number of phenols is 1. The van der Waals surface area contributed by atoms with Gasteiger partial charge in [0.05, 0.1) is 6.54 Å². The normalized spacial score (nSPS) is 10.5. The molecule has 0 amide bonds. The first kappa shape index (κ1) is 9.67. The molecule has 0 radical (unpaired) electrons. The Morgan fingerprint density at radius 2 is 2.00 bits per heavy atom. The Kier molecular flexibility index (Phi) is 2.64. The molecule has 0 saturated heterocycles. The van der Waals surface area contributed by atoms with Gasteiger partial charge >= 0.3 is 0 Å². The molecule has 1 aromatic carbocycles. The van der Waals surface area contributed by atoms with E-state index in [-0.39, 0.29) is 5.75 Å². The number of aromatic nitrogens is 3. The highest BCUT2D eigenvalue weighted by molar-refractivity contribution is 5.27.